The molecule has 0 aliphatic heterocycles. The Hall–Kier alpha value is -1.22. The summed E-state index contributed by atoms with van der Waals surface area (Å²) >= 11 is 0. The first-order chi connectivity index (χ1) is 14.4. The molecule has 0 bridgehead atoms. The summed E-state index contributed by atoms with van der Waals surface area (Å²) in [6.45, 7) is 24.5. The minimum absolute atomic E-state index is 0. The summed E-state index contributed by atoms with van der Waals surface area (Å²) in [6.07, 6.45) is 0. The van der Waals surface area contributed by atoms with Crippen molar-refractivity contribution in [2.75, 3.05) is 0 Å². The maximum Gasteiger partial charge on any atom is 4.00 e. The molecule has 0 radical (unpaired) electrons. The van der Waals surface area contributed by atoms with Gasteiger partial charge >= 0.3 is 25.8 Å². The summed E-state index contributed by atoms with van der Waals surface area (Å²) in [5, 5.41) is 5.35. The minimum atomic E-state index is -0.396. The summed E-state index contributed by atoms with van der Waals surface area (Å²) in [5.41, 5.74) is 8.19. The molecule has 2 aromatic rings. The van der Waals surface area contributed by atoms with Gasteiger partial charge in [0, 0.05) is 5.71 Å². The quantitative estimate of drug-likeness (QED) is 0.156. The van der Waals surface area contributed by atoms with Crippen LogP contribution in [0.4, 0.5) is 11.4 Å². The summed E-state index contributed by atoms with van der Waals surface area (Å²) in [5.74, 6) is 1.72. The molecule has 0 saturated heterocycles. The van der Waals surface area contributed by atoms with Crippen molar-refractivity contribution in [3.05, 3.63) is 86.2 Å². The zero-order chi connectivity index (χ0) is 23.5. The third kappa shape index (κ3) is 9.30. The fraction of sp³-hybridized carbons (Fsp3) is 0.500. The number of rotatable bonds is 8. The topological polar surface area (TPSA) is 26.5 Å². The Morgan fingerprint density at radius 2 is 0.971 bits per heavy atom. The van der Waals surface area contributed by atoms with Gasteiger partial charge in [-0.15, -0.1) is 5.69 Å². The zero-order valence-electron chi connectivity index (χ0n) is 25.2. The molecule has 0 unspecified atom stereocenters. The molecule has 0 fully saturated rings. The van der Waals surface area contributed by atoms with Crippen molar-refractivity contribution >= 4 is 17.1 Å². The van der Waals surface area contributed by atoms with E-state index in [9.17, 15) is 0 Å². The van der Waals surface area contributed by atoms with E-state index in [2.05, 4.69) is 113 Å². The Balaban J connectivity index is -0.00000256. The van der Waals surface area contributed by atoms with Gasteiger partial charge in [-0.25, -0.2) is 0 Å². The molecule has 0 aliphatic rings. The average Bonchev–Trinajstić information content (AvgIpc) is 2.67. The molecule has 0 aliphatic carbocycles. The second kappa shape index (κ2) is 15.8. The van der Waals surface area contributed by atoms with Gasteiger partial charge in [-0.1, -0.05) is 122 Å². The van der Waals surface area contributed by atoms with E-state index in [4.69, 9.17) is 10.3 Å². The molecule has 0 spiro atoms. The third-order valence-corrected chi connectivity index (χ3v) is 6.24. The van der Waals surface area contributed by atoms with Crippen LogP contribution in [0.1, 0.15) is 122 Å². The van der Waals surface area contributed by atoms with E-state index in [0.29, 0.717) is 23.7 Å². The number of nitrogens with zero attached hydrogens (tertiary/aromatic N) is 2. The predicted molar refractivity (Wildman–Crippen MR) is 158 cm³/mol. The van der Waals surface area contributed by atoms with Gasteiger partial charge in [-0.2, -0.15) is 0 Å². The molecule has 0 atom stereocenters. The molecule has 0 saturated carbocycles. The Kier molecular flexibility index (Phi) is 17.3. The molecule has 3 heteroatoms. The van der Waals surface area contributed by atoms with Gasteiger partial charge in [0.25, 0.3) is 0 Å². The SMILES string of the molecule is CC(=Nc1c(C(C)C)cccc1C(C)C)C(C)(C)[N-]c1c(C(C)C)cccc1C(C)C.[CH3-].[CH3-].[CH3-].[Hf+4]. The van der Waals surface area contributed by atoms with E-state index in [1.165, 1.54) is 22.3 Å². The van der Waals surface area contributed by atoms with Crippen molar-refractivity contribution < 1.29 is 25.8 Å². The van der Waals surface area contributed by atoms with E-state index < -0.39 is 5.54 Å². The second-order valence-electron chi connectivity index (χ2n) is 10.6. The van der Waals surface area contributed by atoms with Gasteiger partial charge in [0.1, 0.15) is 0 Å². The van der Waals surface area contributed by atoms with Crippen molar-refractivity contribution in [2.45, 2.75) is 105 Å². The zero-order valence-corrected chi connectivity index (χ0v) is 28.8. The number of para-hydroxylation sites is 2. The van der Waals surface area contributed by atoms with Gasteiger partial charge in [-0.3, -0.25) is 4.99 Å². The molecule has 0 amide bonds. The molecule has 2 aromatic carbocycles. The van der Waals surface area contributed by atoms with E-state index in [0.717, 1.165) is 17.1 Å². The minimum Gasteiger partial charge on any atom is -0.674 e. The first kappa shape index (κ1) is 38.3. The van der Waals surface area contributed by atoms with Crippen molar-refractivity contribution in [2.24, 2.45) is 4.99 Å². The van der Waals surface area contributed by atoms with E-state index in [-0.39, 0.29) is 48.1 Å². The molecule has 0 aromatic heterocycles. The molecule has 194 valence electrons. The van der Waals surface area contributed by atoms with Crippen LogP contribution in [0.3, 0.4) is 0 Å². The Morgan fingerprint density at radius 3 is 1.29 bits per heavy atom. The monoisotopic (exact) mass is 644 g/mol. The Labute approximate surface area is 238 Å². The number of hydrogen-bond acceptors (Lipinski definition) is 1. The van der Waals surface area contributed by atoms with E-state index in [1.807, 2.05) is 0 Å². The van der Waals surface area contributed by atoms with Crippen LogP contribution in [0.5, 0.6) is 0 Å². The summed E-state index contributed by atoms with van der Waals surface area (Å²) in [7, 11) is 0. The second-order valence-corrected chi connectivity index (χ2v) is 10.6. The van der Waals surface area contributed by atoms with Gasteiger partial charge in [0.15, 0.2) is 0 Å². The molecule has 0 N–H and O–H groups in total. The molecule has 2 nitrogen and oxygen atoms in total. The van der Waals surface area contributed by atoms with Crippen LogP contribution in [0.15, 0.2) is 41.4 Å². The van der Waals surface area contributed by atoms with Crippen molar-refractivity contribution in [1.82, 2.24) is 0 Å². The first-order valence-electron chi connectivity index (χ1n) is 11.9. The van der Waals surface area contributed by atoms with Crippen LogP contribution in [0, 0.1) is 22.3 Å². The molecule has 35 heavy (non-hydrogen) atoms. The largest absolute Gasteiger partial charge is 4.00 e. The predicted octanol–water partition coefficient (Wildman–Crippen LogP) is 11.1. The normalized spacial score (nSPS) is 11.6. The van der Waals surface area contributed by atoms with Gasteiger partial charge in [0.05, 0.1) is 5.69 Å². The molecular weight excluding hydrogens is 591 g/mol. The van der Waals surface area contributed by atoms with Crippen LogP contribution < -0.4 is 0 Å². The standard InChI is InChI=1S/C29H43N2.3CH3.Hf/c1-18(2)23-14-12-15-24(19(3)4)27(23)30-22(9)29(10,11)31-28-25(20(5)6)16-13-17-26(28)21(7)8;;;;/h12-21H,1-11H3;3*1H3;/q4*-1;+4. The first-order valence-corrected chi connectivity index (χ1v) is 11.9. The van der Waals surface area contributed by atoms with Crippen molar-refractivity contribution in [3.63, 3.8) is 0 Å². The fourth-order valence-corrected chi connectivity index (χ4v) is 3.95. The van der Waals surface area contributed by atoms with Crippen LogP contribution in [0.2, 0.25) is 0 Å². The van der Waals surface area contributed by atoms with E-state index >= 15 is 0 Å². The molecule has 2 rings (SSSR count). The van der Waals surface area contributed by atoms with Gasteiger partial charge < -0.3 is 27.6 Å². The van der Waals surface area contributed by atoms with Crippen molar-refractivity contribution in [3.8, 4) is 0 Å². The summed E-state index contributed by atoms with van der Waals surface area (Å²) in [6, 6.07) is 13.2. The molecular formula is C32H52HfN2. The number of aliphatic imine (C=N–C) groups is 1. The van der Waals surface area contributed by atoms with Crippen LogP contribution in [-0.2, 0) is 25.8 Å². The number of hydrogen-bond donors (Lipinski definition) is 0. The Bertz CT molecular complexity index is 869. The summed E-state index contributed by atoms with van der Waals surface area (Å²) < 4.78 is 0. The van der Waals surface area contributed by atoms with Crippen LogP contribution in [0.25, 0.3) is 5.32 Å². The maximum absolute atomic E-state index is 5.35. The van der Waals surface area contributed by atoms with E-state index in [1.54, 1.807) is 0 Å². The maximum atomic E-state index is 5.35. The fourth-order valence-electron chi connectivity index (χ4n) is 3.95. The van der Waals surface area contributed by atoms with Crippen LogP contribution in [-0.4, -0.2) is 11.3 Å². The average molecular weight is 643 g/mol. The third-order valence-electron chi connectivity index (χ3n) is 6.24. The smallest absolute Gasteiger partial charge is 0.674 e. The van der Waals surface area contributed by atoms with Gasteiger partial charge in [-0.05, 0) is 41.7 Å². The number of benzene rings is 2. The van der Waals surface area contributed by atoms with Crippen molar-refractivity contribution in [1.29, 1.82) is 0 Å². The van der Waals surface area contributed by atoms with Gasteiger partial charge in [0.2, 0.25) is 0 Å². The summed E-state index contributed by atoms with van der Waals surface area (Å²) in [4.78, 5) is 5.24. The Morgan fingerprint density at radius 1 is 0.657 bits per heavy atom. The molecule has 0 heterocycles. The van der Waals surface area contributed by atoms with Crippen LogP contribution >= 0.6 is 0 Å².